The monoisotopic (exact) mass is 322 g/mol. The Hall–Kier alpha value is -1.98. The second kappa shape index (κ2) is 6.42. The molecule has 5 nitrogen and oxygen atoms in total. The van der Waals surface area contributed by atoms with Crippen LogP contribution in [0, 0.1) is 13.8 Å². The number of nitrogens with one attached hydrogen (secondary N) is 2. The summed E-state index contributed by atoms with van der Waals surface area (Å²) in [5, 5.41) is 16.0. The quantitative estimate of drug-likeness (QED) is 0.805. The lowest BCUT2D eigenvalue weighted by molar-refractivity contribution is 0.0364. The molecule has 0 radical (unpaired) electrons. The van der Waals surface area contributed by atoms with Crippen LogP contribution in [0.4, 0.5) is 10.5 Å². The molecule has 2 amide bonds. The van der Waals surface area contributed by atoms with Gasteiger partial charge in [-0.1, -0.05) is 17.7 Å². The highest BCUT2D eigenvalue weighted by atomic mass is 35.5. The van der Waals surface area contributed by atoms with Crippen LogP contribution in [-0.4, -0.2) is 17.7 Å². The Bertz CT molecular complexity index is 680. The summed E-state index contributed by atoms with van der Waals surface area (Å²) in [4.78, 5) is 11.9. The molecule has 2 rings (SSSR count). The van der Waals surface area contributed by atoms with E-state index < -0.39 is 11.6 Å². The fourth-order valence-corrected chi connectivity index (χ4v) is 2.23. The van der Waals surface area contributed by atoms with Crippen LogP contribution in [-0.2, 0) is 5.60 Å². The zero-order valence-electron chi connectivity index (χ0n) is 12.7. The Balaban J connectivity index is 1.95. The molecule has 0 aliphatic rings. The molecule has 22 heavy (non-hydrogen) atoms. The second-order valence-electron chi connectivity index (χ2n) is 5.48. The second-order valence-corrected chi connectivity index (χ2v) is 5.88. The van der Waals surface area contributed by atoms with Gasteiger partial charge in [0.05, 0.1) is 17.3 Å². The average Bonchev–Trinajstić information content (AvgIpc) is 2.87. The summed E-state index contributed by atoms with van der Waals surface area (Å²) in [6.45, 7) is 5.29. The molecule has 0 saturated heterocycles. The fourth-order valence-electron chi connectivity index (χ4n) is 1.95. The third kappa shape index (κ3) is 4.02. The molecule has 0 saturated carbocycles. The average molecular weight is 323 g/mol. The molecule has 0 spiro atoms. The van der Waals surface area contributed by atoms with Crippen molar-refractivity contribution in [1.29, 1.82) is 0 Å². The number of hydrogen-bond acceptors (Lipinski definition) is 3. The standard InChI is InChI=1S/C16H19ClN2O3/c1-10-4-6-13(12(17)8-10)19-15(20)18-9-16(3,21)14-7-5-11(2)22-14/h4-8,21H,9H2,1-3H3,(H2,18,19,20). The van der Waals surface area contributed by atoms with Crippen LogP contribution in [0.25, 0.3) is 0 Å². The Morgan fingerprint density at radius 1 is 1.32 bits per heavy atom. The molecule has 0 fully saturated rings. The zero-order valence-corrected chi connectivity index (χ0v) is 13.5. The van der Waals surface area contributed by atoms with E-state index in [4.69, 9.17) is 16.0 Å². The summed E-state index contributed by atoms with van der Waals surface area (Å²) >= 11 is 6.06. The van der Waals surface area contributed by atoms with Gasteiger partial charge < -0.3 is 20.2 Å². The lowest BCUT2D eigenvalue weighted by Crippen LogP contribution is -2.40. The van der Waals surface area contributed by atoms with E-state index in [2.05, 4.69) is 10.6 Å². The molecule has 1 aromatic heterocycles. The number of amides is 2. The van der Waals surface area contributed by atoms with Crippen LogP contribution in [0.1, 0.15) is 24.0 Å². The summed E-state index contributed by atoms with van der Waals surface area (Å²) in [6.07, 6.45) is 0. The van der Waals surface area contributed by atoms with E-state index >= 15 is 0 Å². The molecule has 2 aromatic rings. The Morgan fingerprint density at radius 3 is 2.64 bits per heavy atom. The molecule has 1 aromatic carbocycles. The van der Waals surface area contributed by atoms with Gasteiger partial charge in [-0.3, -0.25) is 0 Å². The van der Waals surface area contributed by atoms with E-state index in [0.29, 0.717) is 22.2 Å². The molecule has 1 heterocycles. The molecular weight excluding hydrogens is 304 g/mol. The number of rotatable bonds is 4. The van der Waals surface area contributed by atoms with Crippen molar-refractivity contribution in [3.8, 4) is 0 Å². The molecule has 3 N–H and O–H groups in total. The van der Waals surface area contributed by atoms with Crippen molar-refractivity contribution in [3.05, 3.63) is 52.4 Å². The summed E-state index contributed by atoms with van der Waals surface area (Å²) in [5.41, 5.74) is 0.230. The number of benzene rings is 1. The summed E-state index contributed by atoms with van der Waals surface area (Å²) in [6, 6.07) is 8.34. The largest absolute Gasteiger partial charge is 0.463 e. The van der Waals surface area contributed by atoms with Gasteiger partial charge in [0, 0.05) is 0 Å². The molecule has 118 valence electrons. The minimum atomic E-state index is -1.29. The van der Waals surface area contributed by atoms with Gasteiger partial charge in [0.15, 0.2) is 0 Å². The van der Waals surface area contributed by atoms with Gasteiger partial charge in [-0.2, -0.15) is 0 Å². The minimum Gasteiger partial charge on any atom is -0.463 e. The number of carbonyl (C=O) groups is 1. The smallest absolute Gasteiger partial charge is 0.319 e. The summed E-state index contributed by atoms with van der Waals surface area (Å²) in [7, 11) is 0. The number of urea groups is 1. The predicted molar refractivity (Wildman–Crippen MR) is 86.2 cm³/mol. The van der Waals surface area contributed by atoms with E-state index in [1.165, 1.54) is 0 Å². The van der Waals surface area contributed by atoms with Gasteiger partial charge in [-0.25, -0.2) is 4.79 Å². The lowest BCUT2D eigenvalue weighted by atomic mass is 10.0. The normalized spacial score (nSPS) is 13.5. The highest BCUT2D eigenvalue weighted by Gasteiger charge is 2.27. The van der Waals surface area contributed by atoms with Crippen molar-refractivity contribution in [2.75, 3.05) is 11.9 Å². The zero-order chi connectivity index (χ0) is 16.3. The first-order valence-electron chi connectivity index (χ1n) is 6.88. The van der Waals surface area contributed by atoms with Crippen molar-refractivity contribution in [2.45, 2.75) is 26.4 Å². The Labute approximate surface area is 134 Å². The van der Waals surface area contributed by atoms with E-state index in [1.807, 2.05) is 13.0 Å². The lowest BCUT2D eigenvalue weighted by Gasteiger charge is -2.21. The summed E-state index contributed by atoms with van der Waals surface area (Å²) < 4.78 is 5.39. The van der Waals surface area contributed by atoms with Crippen LogP contribution in [0.2, 0.25) is 5.02 Å². The first-order valence-corrected chi connectivity index (χ1v) is 7.26. The SMILES string of the molecule is Cc1ccc(NC(=O)NCC(C)(O)c2ccc(C)o2)c(Cl)c1. The maximum Gasteiger partial charge on any atom is 0.319 e. The number of aryl methyl sites for hydroxylation is 2. The summed E-state index contributed by atoms with van der Waals surface area (Å²) in [5.74, 6) is 1.10. The van der Waals surface area contributed by atoms with E-state index in [0.717, 1.165) is 5.56 Å². The maximum atomic E-state index is 11.9. The third-order valence-corrected chi connectivity index (χ3v) is 3.55. The van der Waals surface area contributed by atoms with Gasteiger partial charge in [0.2, 0.25) is 0 Å². The van der Waals surface area contributed by atoms with Crippen LogP contribution >= 0.6 is 11.6 Å². The number of hydrogen-bond donors (Lipinski definition) is 3. The number of furan rings is 1. The topological polar surface area (TPSA) is 74.5 Å². The first-order chi connectivity index (χ1) is 10.3. The van der Waals surface area contributed by atoms with Crippen molar-refractivity contribution in [3.63, 3.8) is 0 Å². The fraction of sp³-hybridized carbons (Fsp3) is 0.312. The van der Waals surface area contributed by atoms with Crippen LogP contribution in [0.15, 0.2) is 34.7 Å². The van der Waals surface area contributed by atoms with Gasteiger partial charge in [0.1, 0.15) is 17.1 Å². The van der Waals surface area contributed by atoms with Crippen molar-refractivity contribution >= 4 is 23.3 Å². The van der Waals surface area contributed by atoms with Crippen molar-refractivity contribution in [1.82, 2.24) is 5.32 Å². The van der Waals surface area contributed by atoms with E-state index in [-0.39, 0.29) is 6.54 Å². The Morgan fingerprint density at radius 2 is 2.05 bits per heavy atom. The first kappa shape index (κ1) is 16.4. The molecular formula is C16H19ClN2O3. The van der Waals surface area contributed by atoms with Crippen molar-refractivity contribution < 1.29 is 14.3 Å². The van der Waals surface area contributed by atoms with Gasteiger partial charge in [0.25, 0.3) is 0 Å². The van der Waals surface area contributed by atoms with Gasteiger partial charge in [-0.05, 0) is 50.6 Å². The molecule has 6 heteroatoms. The molecule has 1 atom stereocenters. The van der Waals surface area contributed by atoms with Crippen LogP contribution < -0.4 is 10.6 Å². The highest BCUT2D eigenvalue weighted by Crippen LogP contribution is 2.23. The minimum absolute atomic E-state index is 0.00919. The molecule has 0 aliphatic carbocycles. The predicted octanol–water partition coefficient (Wildman–Crippen LogP) is 3.58. The third-order valence-electron chi connectivity index (χ3n) is 3.24. The number of anilines is 1. The van der Waals surface area contributed by atoms with E-state index in [1.54, 1.807) is 38.1 Å². The number of halogens is 1. The van der Waals surface area contributed by atoms with Crippen molar-refractivity contribution in [2.24, 2.45) is 0 Å². The van der Waals surface area contributed by atoms with Gasteiger partial charge >= 0.3 is 6.03 Å². The Kier molecular flexibility index (Phi) is 4.78. The van der Waals surface area contributed by atoms with E-state index in [9.17, 15) is 9.90 Å². The highest BCUT2D eigenvalue weighted by molar-refractivity contribution is 6.33. The molecule has 0 bridgehead atoms. The molecule has 1 unspecified atom stereocenters. The maximum absolute atomic E-state index is 11.9. The molecule has 0 aliphatic heterocycles. The number of carbonyl (C=O) groups excluding carboxylic acids is 1. The van der Waals surface area contributed by atoms with Crippen LogP contribution in [0.3, 0.4) is 0 Å². The van der Waals surface area contributed by atoms with Crippen LogP contribution in [0.5, 0.6) is 0 Å². The van der Waals surface area contributed by atoms with Gasteiger partial charge in [-0.15, -0.1) is 0 Å². The number of aliphatic hydroxyl groups is 1.